The Morgan fingerprint density at radius 2 is 1.68 bits per heavy atom. The highest BCUT2D eigenvalue weighted by Gasteiger charge is 2.25. The number of allylic oxidation sites excluding steroid dienone is 2. The minimum Gasteiger partial charge on any atom is -0.494 e. The molecule has 0 radical (unpaired) electrons. The van der Waals surface area contributed by atoms with Gasteiger partial charge in [0.1, 0.15) is 17.2 Å². The second kappa shape index (κ2) is 8.92. The first-order chi connectivity index (χ1) is 15.0. The van der Waals surface area contributed by atoms with Gasteiger partial charge in [0.25, 0.3) is 0 Å². The molecule has 1 aliphatic carbocycles. The van der Waals surface area contributed by atoms with Gasteiger partial charge in [-0.3, -0.25) is 4.79 Å². The molecular formula is C27H24O4. The van der Waals surface area contributed by atoms with Crippen molar-refractivity contribution < 1.29 is 19.4 Å². The van der Waals surface area contributed by atoms with Gasteiger partial charge in [0.2, 0.25) is 0 Å². The van der Waals surface area contributed by atoms with Crippen LogP contribution in [0.5, 0.6) is 17.2 Å². The fourth-order valence-corrected chi connectivity index (χ4v) is 3.86. The fourth-order valence-electron chi connectivity index (χ4n) is 3.86. The van der Waals surface area contributed by atoms with Crippen molar-refractivity contribution in [3.63, 3.8) is 0 Å². The van der Waals surface area contributed by atoms with E-state index >= 15 is 0 Å². The molecule has 0 bridgehead atoms. The topological polar surface area (TPSA) is 55.8 Å². The van der Waals surface area contributed by atoms with Crippen molar-refractivity contribution in [2.45, 2.75) is 20.3 Å². The smallest absolute Gasteiger partial charge is 0.307 e. The summed E-state index contributed by atoms with van der Waals surface area (Å²) < 4.78 is 11.6. The fraction of sp³-hybridized carbons (Fsp3) is 0.148. The van der Waals surface area contributed by atoms with Crippen LogP contribution in [0.2, 0.25) is 0 Å². The number of carboxylic acid groups (broad SMARTS) is 1. The summed E-state index contributed by atoms with van der Waals surface area (Å²) in [6, 6.07) is 23.4. The Balaban J connectivity index is 1.73. The van der Waals surface area contributed by atoms with E-state index in [2.05, 4.69) is 6.08 Å². The highest BCUT2D eigenvalue weighted by molar-refractivity contribution is 6.07. The van der Waals surface area contributed by atoms with Gasteiger partial charge in [-0.25, -0.2) is 0 Å². The van der Waals surface area contributed by atoms with Crippen LogP contribution in [0.25, 0.3) is 17.2 Å². The lowest BCUT2D eigenvalue weighted by Gasteiger charge is -2.09. The number of fused-ring (bicyclic) bond motifs is 1. The van der Waals surface area contributed by atoms with Crippen molar-refractivity contribution in [2.24, 2.45) is 0 Å². The molecule has 0 spiro atoms. The Kier molecular flexibility index (Phi) is 5.89. The molecule has 0 heterocycles. The van der Waals surface area contributed by atoms with Crippen molar-refractivity contribution in [3.05, 3.63) is 95.1 Å². The third-order valence-electron chi connectivity index (χ3n) is 5.25. The van der Waals surface area contributed by atoms with Crippen molar-refractivity contribution in [3.8, 4) is 17.2 Å². The van der Waals surface area contributed by atoms with Crippen LogP contribution in [0.4, 0.5) is 0 Å². The first kappa shape index (κ1) is 20.5. The van der Waals surface area contributed by atoms with Crippen molar-refractivity contribution in [2.75, 3.05) is 6.61 Å². The van der Waals surface area contributed by atoms with E-state index in [1.165, 1.54) is 0 Å². The number of aliphatic carboxylic acids is 1. The van der Waals surface area contributed by atoms with Crippen LogP contribution in [0.3, 0.4) is 0 Å². The van der Waals surface area contributed by atoms with Gasteiger partial charge in [0, 0.05) is 0 Å². The molecule has 156 valence electrons. The Bertz CT molecular complexity index is 1170. The zero-order valence-corrected chi connectivity index (χ0v) is 17.6. The normalized spacial score (nSPS) is 13.9. The maximum absolute atomic E-state index is 11.5. The van der Waals surface area contributed by atoms with E-state index in [9.17, 15) is 9.90 Å². The molecule has 31 heavy (non-hydrogen) atoms. The third-order valence-corrected chi connectivity index (χ3v) is 5.25. The van der Waals surface area contributed by atoms with Crippen LogP contribution < -0.4 is 9.47 Å². The van der Waals surface area contributed by atoms with Gasteiger partial charge in [-0.2, -0.15) is 0 Å². The molecule has 0 atom stereocenters. The van der Waals surface area contributed by atoms with Crippen LogP contribution in [-0.4, -0.2) is 17.7 Å². The Morgan fingerprint density at radius 1 is 0.903 bits per heavy atom. The van der Waals surface area contributed by atoms with Gasteiger partial charge in [0.15, 0.2) is 0 Å². The van der Waals surface area contributed by atoms with E-state index in [1.807, 2.05) is 86.6 Å². The SMILES string of the molecule is CCOc1ccc2c(c1)C(CC(=O)O)=C(C)/C2=C/c1cccc(Oc2ccccc2)c1. The molecule has 0 fully saturated rings. The molecule has 0 aliphatic heterocycles. The molecule has 0 saturated carbocycles. The highest BCUT2D eigenvalue weighted by atomic mass is 16.5. The van der Waals surface area contributed by atoms with Crippen LogP contribution in [-0.2, 0) is 4.79 Å². The number of rotatable bonds is 7. The van der Waals surface area contributed by atoms with Gasteiger partial charge >= 0.3 is 5.97 Å². The van der Waals surface area contributed by atoms with Gasteiger partial charge in [-0.1, -0.05) is 36.4 Å². The monoisotopic (exact) mass is 412 g/mol. The van der Waals surface area contributed by atoms with Crippen LogP contribution in [0.1, 0.15) is 37.0 Å². The number of para-hydroxylation sites is 1. The van der Waals surface area contributed by atoms with Crippen molar-refractivity contribution in [1.29, 1.82) is 0 Å². The summed E-state index contributed by atoms with van der Waals surface area (Å²) in [5, 5.41) is 9.44. The van der Waals surface area contributed by atoms with E-state index in [0.717, 1.165) is 50.7 Å². The van der Waals surface area contributed by atoms with Gasteiger partial charge in [-0.15, -0.1) is 0 Å². The number of carboxylic acids is 1. The average molecular weight is 412 g/mol. The summed E-state index contributed by atoms with van der Waals surface area (Å²) in [6.45, 7) is 4.48. The summed E-state index contributed by atoms with van der Waals surface area (Å²) in [4.78, 5) is 11.5. The predicted molar refractivity (Wildman–Crippen MR) is 123 cm³/mol. The summed E-state index contributed by atoms with van der Waals surface area (Å²) in [5.74, 6) is 1.43. The van der Waals surface area contributed by atoms with E-state index in [1.54, 1.807) is 0 Å². The minimum atomic E-state index is -0.846. The van der Waals surface area contributed by atoms with E-state index in [0.29, 0.717) is 6.61 Å². The van der Waals surface area contributed by atoms with Crippen LogP contribution in [0, 0.1) is 0 Å². The second-order valence-electron chi connectivity index (χ2n) is 7.36. The molecule has 3 aromatic rings. The number of carbonyl (C=O) groups is 1. The molecular weight excluding hydrogens is 388 g/mol. The molecule has 4 heteroatoms. The predicted octanol–water partition coefficient (Wildman–Crippen LogP) is 6.68. The number of hydrogen-bond donors (Lipinski definition) is 1. The molecule has 0 aromatic heterocycles. The number of ether oxygens (including phenoxy) is 2. The van der Waals surface area contributed by atoms with Gasteiger partial charge in [-0.05, 0) is 89.7 Å². The quantitative estimate of drug-likeness (QED) is 0.470. The molecule has 0 saturated heterocycles. The molecule has 0 amide bonds. The maximum atomic E-state index is 11.5. The lowest BCUT2D eigenvalue weighted by Crippen LogP contribution is -1.98. The maximum Gasteiger partial charge on any atom is 0.307 e. The van der Waals surface area contributed by atoms with E-state index in [-0.39, 0.29) is 6.42 Å². The zero-order valence-electron chi connectivity index (χ0n) is 17.6. The zero-order chi connectivity index (χ0) is 21.8. The number of benzene rings is 3. The Morgan fingerprint density at radius 3 is 2.42 bits per heavy atom. The molecule has 1 aliphatic rings. The lowest BCUT2D eigenvalue weighted by atomic mass is 10.0. The first-order valence-electron chi connectivity index (χ1n) is 10.3. The Hall–Kier alpha value is -3.79. The summed E-state index contributed by atoms with van der Waals surface area (Å²) in [6.07, 6.45) is 2.06. The summed E-state index contributed by atoms with van der Waals surface area (Å²) >= 11 is 0. The van der Waals surface area contributed by atoms with Crippen LogP contribution in [0.15, 0.2) is 78.4 Å². The lowest BCUT2D eigenvalue weighted by molar-refractivity contribution is -0.135. The Labute approximate surface area is 182 Å². The highest BCUT2D eigenvalue weighted by Crippen LogP contribution is 2.45. The molecule has 3 aromatic carbocycles. The van der Waals surface area contributed by atoms with Crippen molar-refractivity contribution >= 4 is 23.2 Å². The molecule has 4 nitrogen and oxygen atoms in total. The molecule has 0 unspecified atom stereocenters. The van der Waals surface area contributed by atoms with Crippen molar-refractivity contribution in [1.82, 2.24) is 0 Å². The van der Waals surface area contributed by atoms with Gasteiger partial charge in [0.05, 0.1) is 13.0 Å². The third kappa shape index (κ3) is 4.53. The average Bonchev–Trinajstić information content (AvgIpc) is 3.00. The molecule has 4 rings (SSSR count). The second-order valence-corrected chi connectivity index (χ2v) is 7.36. The number of hydrogen-bond acceptors (Lipinski definition) is 3. The van der Waals surface area contributed by atoms with E-state index in [4.69, 9.17) is 9.47 Å². The van der Waals surface area contributed by atoms with Gasteiger partial charge < -0.3 is 14.6 Å². The summed E-state index contributed by atoms with van der Waals surface area (Å²) in [5.41, 5.74) is 5.75. The molecule has 1 N–H and O–H groups in total. The van der Waals surface area contributed by atoms with Crippen LogP contribution >= 0.6 is 0 Å². The summed E-state index contributed by atoms with van der Waals surface area (Å²) in [7, 11) is 0. The minimum absolute atomic E-state index is 0.0249. The first-order valence-corrected chi connectivity index (χ1v) is 10.3. The van der Waals surface area contributed by atoms with E-state index < -0.39 is 5.97 Å². The standard InChI is InChI=1S/C27H24O4/c1-3-30-21-12-13-23-24(18(2)25(17-27(28)29)26(23)16-21)15-19-8-7-11-22(14-19)31-20-9-5-4-6-10-20/h4-16H,3,17H2,1-2H3,(H,28,29)/b24-15-. The largest absolute Gasteiger partial charge is 0.494 e.